The third-order valence-electron chi connectivity index (χ3n) is 2.60. The quantitative estimate of drug-likeness (QED) is 0.618. The second-order valence-corrected chi connectivity index (χ2v) is 3.90. The summed E-state index contributed by atoms with van der Waals surface area (Å²) in [4.78, 5) is 0. The maximum absolute atomic E-state index is 3.55. The van der Waals surface area contributed by atoms with Crippen molar-refractivity contribution < 1.29 is 0 Å². The molecule has 74 valence electrons. The molecule has 1 heteroatoms. The van der Waals surface area contributed by atoms with Gasteiger partial charge in [0.05, 0.1) is 0 Å². The van der Waals surface area contributed by atoms with Crippen molar-refractivity contribution in [1.82, 2.24) is 5.32 Å². The fourth-order valence-corrected chi connectivity index (χ4v) is 1.72. The molecule has 0 heterocycles. The zero-order chi connectivity index (χ0) is 9.52. The number of nitrogens with one attached hydrogen (secondary N) is 1. The van der Waals surface area contributed by atoms with Gasteiger partial charge >= 0.3 is 0 Å². The van der Waals surface area contributed by atoms with Crippen molar-refractivity contribution in [3.05, 3.63) is 0 Å². The van der Waals surface area contributed by atoms with Gasteiger partial charge in [0.25, 0.3) is 0 Å². The van der Waals surface area contributed by atoms with E-state index in [4.69, 9.17) is 0 Å². The van der Waals surface area contributed by atoms with E-state index >= 15 is 0 Å². The smallest absolute Gasteiger partial charge is 0.0103 e. The van der Waals surface area contributed by atoms with Crippen molar-refractivity contribution in [2.75, 3.05) is 6.54 Å². The van der Waals surface area contributed by atoms with Gasteiger partial charge in [-0.25, -0.2) is 0 Å². The molecule has 0 spiro atoms. The molecule has 0 bridgehead atoms. The van der Waals surface area contributed by atoms with Crippen molar-refractivity contribution in [1.29, 1.82) is 0 Å². The van der Waals surface area contributed by atoms with E-state index in [2.05, 4.69) is 24.1 Å². The van der Waals surface area contributed by atoms with Gasteiger partial charge in [-0.15, -0.1) is 11.8 Å². The van der Waals surface area contributed by atoms with Gasteiger partial charge in [0.2, 0.25) is 0 Å². The molecule has 1 N–H and O–H groups in total. The first-order valence-electron chi connectivity index (χ1n) is 5.49. The Bertz CT molecular complexity index is 183. The Hall–Kier alpha value is -0.480. The maximum atomic E-state index is 3.55. The summed E-state index contributed by atoms with van der Waals surface area (Å²) < 4.78 is 0. The lowest BCUT2D eigenvalue weighted by atomic mass is 10.1. The minimum Gasteiger partial charge on any atom is -0.314 e. The van der Waals surface area contributed by atoms with Gasteiger partial charge in [-0.2, -0.15) is 0 Å². The molecule has 1 fully saturated rings. The Morgan fingerprint density at radius 2 is 2.23 bits per heavy atom. The summed E-state index contributed by atoms with van der Waals surface area (Å²) in [5.41, 5.74) is 0. The Balaban J connectivity index is 2.13. The summed E-state index contributed by atoms with van der Waals surface area (Å²) >= 11 is 0. The van der Waals surface area contributed by atoms with Gasteiger partial charge < -0.3 is 5.32 Å². The first kappa shape index (κ1) is 10.6. The zero-order valence-electron chi connectivity index (χ0n) is 8.90. The molecule has 0 aromatic carbocycles. The minimum atomic E-state index is 0.721. The Labute approximate surface area is 82.3 Å². The van der Waals surface area contributed by atoms with Crippen LogP contribution in [0.15, 0.2) is 0 Å². The highest BCUT2D eigenvalue weighted by Gasteiger charge is 2.24. The third kappa shape index (κ3) is 4.95. The van der Waals surface area contributed by atoms with Crippen LogP contribution in [0.1, 0.15) is 46.0 Å². The van der Waals surface area contributed by atoms with Gasteiger partial charge in [-0.05, 0) is 32.2 Å². The van der Waals surface area contributed by atoms with E-state index in [1.165, 1.54) is 25.7 Å². The summed E-state index contributed by atoms with van der Waals surface area (Å²) in [6.45, 7) is 5.20. The molecule has 1 rings (SSSR count). The van der Waals surface area contributed by atoms with Crippen molar-refractivity contribution in [3.63, 3.8) is 0 Å². The highest BCUT2D eigenvalue weighted by molar-refractivity contribution is 4.96. The number of hydrogen-bond donors (Lipinski definition) is 1. The van der Waals surface area contributed by atoms with Crippen molar-refractivity contribution in [3.8, 4) is 11.8 Å². The molecule has 0 radical (unpaired) electrons. The first-order chi connectivity index (χ1) is 6.36. The summed E-state index contributed by atoms with van der Waals surface area (Å²) in [5, 5.41) is 3.55. The average Bonchev–Trinajstić information content (AvgIpc) is 2.89. The van der Waals surface area contributed by atoms with Crippen LogP contribution < -0.4 is 5.32 Å². The lowest BCUT2D eigenvalue weighted by Crippen LogP contribution is -2.29. The molecule has 0 aromatic rings. The Morgan fingerprint density at radius 1 is 1.46 bits per heavy atom. The standard InChI is InChI=1S/C12H21N/c1-3-5-6-7-12(13-4-2)10-11-8-9-11/h11-13H,4,6-10H2,1-2H3. The second-order valence-electron chi connectivity index (χ2n) is 3.90. The molecular weight excluding hydrogens is 158 g/mol. The van der Waals surface area contributed by atoms with Crippen LogP contribution in [0, 0.1) is 17.8 Å². The van der Waals surface area contributed by atoms with Gasteiger partial charge in [-0.1, -0.05) is 19.8 Å². The number of rotatable bonds is 6. The molecule has 0 aromatic heterocycles. The molecule has 0 saturated heterocycles. The molecule has 1 unspecified atom stereocenters. The van der Waals surface area contributed by atoms with Crippen LogP contribution in [-0.4, -0.2) is 12.6 Å². The molecule has 1 nitrogen and oxygen atoms in total. The summed E-state index contributed by atoms with van der Waals surface area (Å²) in [6.07, 6.45) is 6.58. The summed E-state index contributed by atoms with van der Waals surface area (Å²) in [5.74, 6) is 7.12. The minimum absolute atomic E-state index is 0.721. The largest absolute Gasteiger partial charge is 0.314 e. The molecule has 1 saturated carbocycles. The van der Waals surface area contributed by atoms with Crippen LogP contribution in [0.4, 0.5) is 0 Å². The van der Waals surface area contributed by atoms with E-state index in [1.54, 1.807) is 0 Å². The fraction of sp³-hybridized carbons (Fsp3) is 0.833. The normalized spacial score (nSPS) is 17.7. The molecule has 0 aliphatic heterocycles. The molecule has 1 aliphatic carbocycles. The monoisotopic (exact) mass is 179 g/mol. The predicted molar refractivity (Wildman–Crippen MR) is 57.5 cm³/mol. The van der Waals surface area contributed by atoms with Crippen molar-refractivity contribution in [2.45, 2.75) is 52.0 Å². The van der Waals surface area contributed by atoms with Crippen LogP contribution in [0.25, 0.3) is 0 Å². The molecule has 1 atom stereocenters. The topological polar surface area (TPSA) is 12.0 Å². The molecule has 1 aliphatic rings. The summed E-state index contributed by atoms with van der Waals surface area (Å²) in [7, 11) is 0. The van der Waals surface area contributed by atoms with E-state index in [0.29, 0.717) is 0 Å². The second kappa shape index (κ2) is 6.05. The third-order valence-corrected chi connectivity index (χ3v) is 2.60. The predicted octanol–water partition coefficient (Wildman–Crippen LogP) is 2.57. The van der Waals surface area contributed by atoms with Crippen molar-refractivity contribution >= 4 is 0 Å². The lowest BCUT2D eigenvalue weighted by molar-refractivity contribution is 0.447. The van der Waals surface area contributed by atoms with E-state index in [1.807, 2.05) is 6.92 Å². The zero-order valence-corrected chi connectivity index (χ0v) is 8.90. The van der Waals surface area contributed by atoms with Crippen molar-refractivity contribution in [2.24, 2.45) is 5.92 Å². The highest BCUT2D eigenvalue weighted by atomic mass is 14.9. The fourth-order valence-electron chi connectivity index (χ4n) is 1.72. The highest BCUT2D eigenvalue weighted by Crippen LogP contribution is 2.34. The van der Waals surface area contributed by atoms with Gasteiger partial charge in [0.1, 0.15) is 0 Å². The van der Waals surface area contributed by atoms with E-state index in [0.717, 1.165) is 24.9 Å². The van der Waals surface area contributed by atoms with Crippen LogP contribution in [0.5, 0.6) is 0 Å². The SMILES string of the molecule is CC#CCCC(CC1CC1)NCC. The van der Waals surface area contributed by atoms with Crippen LogP contribution in [-0.2, 0) is 0 Å². The first-order valence-corrected chi connectivity index (χ1v) is 5.49. The number of hydrogen-bond acceptors (Lipinski definition) is 1. The summed E-state index contributed by atoms with van der Waals surface area (Å²) in [6, 6.07) is 0.721. The maximum Gasteiger partial charge on any atom is 0.0103 e. The average molecular weight is 179 g/mol. The van der Waals surface area contributed by atoms with E-state index in [9.17, 15) is 0 Å². The lowest BCUT2D eigenvalue weighted by Gasteiger charge is -2.15. The van der Waals surface area contributed by atoms with E-state index in [-0.39, 0.29) is 0 Å². The molecular formula is C12H21N. The van der Waals surface area contributed by atoms with Gasteiger partial charge in [0.15, 0.2) is 0 Å². The van der Waals surface area contributed by atoms with Crippen LogP contribution >= 0.6 is 0 Å². The molecule has 0 amide bonds. The Morgan fingerprint density at radius 3 is 2.77 bits per heavy atom. The van der Waals surface area contributed by atoms with Crippen LogP contribution in [0.2, 0.25) is 0 Å². The Kier molecular flexibility index (Phi) is 4.93. The molecule has 13 heavy (non-hydrogen) atoms. The van der Waals surface area contributed by atoms with E-state index < -0.39 is 0 Å². The van der Waals surface area contributed by atoms with Gasteiger partial charge in [-0.3, -0.25) is 0 Å². The van der Waals surface area contributed by atoms with Crippen LogP contribution in [0.3, 0.4) is 0 Å². The van der Waals surface area contributed by atoms with Gasteiger partial charge in [0, 0.05) is 12.5 Å².